The first kappa shape index (κ1) is 15.9. The van der Waals surface area contributed by atoms with Gasteiger partial charge in [-0.1, -0.05) is 6.92 Å². The van der Waals surface area contributed by atoms with Crippen LogP contribution in [0.5, 0.6) is 0 Å². The number of anilines is 1. The van der Waals surface area contributed by atoms with Gasteiger partial charge in [-0.05, 0) is 12.1 Å². The Morgan fingerprint density at radius 2 is 2.10 bits per heavy atom. The number of carboxylic acid groups (broad SMARTS) is 1. The van der Waals surface area contributed by atoms with Crippen molar-refractivity contribution in [1.82, 2.24) is 0 Å². The van der Waals surface area contributed by atoms with Crippen LogP contribution in [-0.2, 0) is 9.84 Å². The topological polar surface area (TPSA) is 127 Å². The van der Waals surface area contributed by atoms with E-state index < -0.39 is 32.0 Å². The van der Waals surface area contributed by atoms with Gasteiger partial charge in [-0.3, -0.25) is 10.1 Å². The number of nitro groups is 1. The molecule has 0 aromatic heterocycles. The van der Waals surface area contributed by atoms with Gasteiger partial charge in [-0.15, -0.1) is 0 Å². The number of sulfone groups is 1. The lowest BCUT2D eigenvalue weighted by atomic mass is 10.1. The number of rotatable bonds is 7. The van der Waals surface area contributed by atoms with E-state index in [1.165, 1.54) is 13.0 Å². The van der Waals surface area contributed by atoms with E-state index in [9.17, 15) is 23.3 Å². The number of carboxylic acids is 1. The summed E-state index contributed by atoms with van der Waals surface area (Å²) in [5, 5.41) is 22.3. The van der Waals surface area contributed by atoms with E-state index in [1.54, 1.807) is 0 Å². The highest BCUT2D eigenvalue weighted by molar-refractivity contribution is 7.91. The predicted octanol–water partition coefficient (Wildman–Crippen LogP) is 1.14. The molecule has 0 amide bonds. The quantitative estimate of drug-likeness (QED) is 0.571. The third-order valence-corrected chi connectivity index (χ3v) is 4.31. The Labute approximate surface area is 115 Å². The van der Waals surface area contributed by atoms with Crippen LogP contribution in [-0.4, -0.2) is 42.5 Å². The lowest BCUT2D eigenvalue weighted by Crippen LogP contribution is -2.17. The Morgan fingerprint density at radius 1 is 1.45 bits per heavy atom. The van der Waals surface area contributed by atoms with Crippen molar-refractivity contribution in [2.45, 2.75) is 6.92 Å². The van der Waals surface area contributed by atoms with Crippen LogP contribution in [0.1, 0.15) is 17.3 Å². The Bertz CT molecular complexity index is 626. The largest absolute Gasteiger partial charge is 0.477 e. The molecule has 1 aromatic rings. The van der Waals surface area contributed by atoms with E-state index in [4.69, 9.17) is 5.11 Å². The summed E-state index contributed by atoms with van der Waals surface area (Å²) in [5.74, 6) is -1.49. The lowest BCUT2D eigenvalue weighted by Gasteiger charge is -2.07. The molecule has 9 heteroatoms. The number of nitrogens with one attached hydrogen (secondary N) is 1. The van der Waals surface area contributed by atoms with Crippen molar-refractivity contribution >= 4 is 27.2 Å². The lowest BCUT2D eigenvalue weighted by molar-refractivity contribution is -0.385. The molecule has 0 aliphatic rings. The summed E-state index contributed by atoms with van der Waals surface area (Å²) >= 11 is 0. The highest BCUT2D eigenvalue weighted by Gasteiger charge is 2.19. The van der Waals surface area contributed by atoms with Crippen molar-refractivity contribution in [3.05, 3.63) is 33.9 Å². The maximum absolute atomic E-state index is 11.3. The molecule has 20 heavy (non-hydrogen) atoms. The summed E-state index contributed by atoms with van der Waals surface area (Å²) in [6.45, 7) is 1.64. The van der Waals surface area contributed by atoms with Gasteiger partial charge in [0.05, 0.1) is 10.7 Å². The highest BCUT2D eigenvalue weighted by atomic mass is 32.2. The molecule has 0 aliphatic heterocycles. The summed E-state index contributed by atoms with van der Waals surface area (Å²) in [6.07, 6.45) is 0. The summed E-state index contributed by atoms with van der Waals surface area (Å²) < 4.78 is 22.6. The van der Waals surface area contributed by atoms with Crippen LogP contribution in [0.3, 0.4) is 0 Å². The molecule has 0 bridgehead atoms. The number of benzene rings is 1. The minimum Gasteiger partial charge on any atom is -0.477 e. The Balaban J connectivity index is 2.86. The van der Waals surface area contributed by atoms with Crippen LogP contribution >= 0.6 is 0 Å². The smallest absolute Gasteiger partial charge is 0.342 e. The van der Waals surface area contributed by atoms with Crippen molar-refractivity contribution in [2.75, 3.05) is 23.4 Å². The summed E-state index contributed by atoms with van der Waals surface area (Å²) in [4.78, 5) is 20.8. The number of aromatic carboxylic acids is 1. The first-order valence-electron chi connectivity index (χ1n) is 5.73. The van der Waals surface area contributed by atoms with Crippen LogP contribution in [0.4, 0.5) is 11.4 Å². The molecular weight excluding hydrogens is 288 g/mol. The molecule has 110 valence electrons. The maximum Gasteiger partial charge on any atom is 0.342 e. The Kier molecular flexibility index (Phi) is 5.03. The predicted molar refractivity (Wildman–Crippen MR) is 72.9 cm³/mol. The second-order valence-corrected chi connectivity index (χ2v) is 6.43. The Morgan fingerprint density at radius 3 is 2.60 bits per heavy atom. The molecule has 0 saturated carbocycles. The number of nitrogens with zero attached hydrogens (tertiary/aromatic N) is 1. The van der Waals surface area contributed by atoms with E-state index in [1.807, 2.05) is 0 Å². The first-order chi connectivity index (χ1) is 9.26. The summed E-state index contributed by atoms with van der Waals surface area (Å²) in [5.41, 5.74) is -0.637. The Hall–Kier alpha value is -2.16. The van der Waals surface area contributed by atoms with Gasteiger partial charge in [-0.2, -0.15) is 0 Å². The average Bonchev–Trinajstić information content (AvgIpc) is 2.38. The first-order valence-corrected chi connectivity index (χ1v) is 7.55. The molecule has 0 atom stereocenters. The van der Waals surface area contributed by atoms with Crippen molar-refractivity contribution in [2.24, 2.45) is 0 Å². The number of hydrogen-bond donors (Lipinski definition) is 2. The van der Waals surface area contributed by atoms with Crippen molar-refractivity contribution in [3.8, 4) is 0 Å². The molecule has 0 heterocycles. The van der Waals surface area contributed by atoms with E-state index in [0.29, 0.717) is 5.69 Å². The van der Waals surface area contributed by atoms with Gasteiger partial charge in [0.1, 0.15) is 5.56 Å². The second-order valence-electron chi connectivity index (χ2n) is 3.96. The molecule has 0 radical (unpaired) electrons. The normalized spacial score (nSPS) is 11.1. The van der Waals surface area contributed by atoms with Crippen LogP contribution in [0, 0.1) is 10.1 Å². The minimum absolute atomic E-state index is 0.0231. The molecule has 8 nitrogen and oxygen atoms in total. The van der Waals surface area contributed by atoms with Gasteiger partial charge in [-0.25, -0.2) is 13.2 Å². The highest BCUT2D eigenvalue weighted by Crippen LogP contribution is 2.22. The van der Waals surface area contributed by atoms with Crippen LogP contribution in [0.2, 0.25) is 0 Å². The zero-order chi connectivity index (χ0) is 15.3. The molecule has 1 rings (SSSR count). The van der Waals surface area contributed by atoms with Gasteiger partial charge < -0.3 is 10.4 Å². The fraction of sp³-hybridized carbons (Fsp3) is 0.364. The number of hydrogen-bond acceptors (Lipinski definition) is 6. The molecular formula is C11H14N2O6S. The fourth-order valence-electron chi connectivity index (χ4n) is 1.47. The van der Waals surface area contributed by atoms with Crippen molar-refractivity contribution in [1.29, 1.82) is 0 Å². The van der Waals surface area contributed by atoms with E-state index >= 15 is 0 Å². The standard InChI is InChI=1S/C11H14N2O6S/c1-2-20(18,19)6-5-12-8-3-4-10(13(16)17)9(7-8)11(14)15/h3-4,7,12H,2,5-6H2,1H3,(H,14,15). The van der Waals surface area contributed by atoms with Gasteiger partial charge >= 0.3 is 5.97 Å². The van der Waals surface area contributed by atoms with Crippen LogP contribution < -0.4 is 5.32 Å². The third kappa shape index (κ3) is 4.19. The van der Waals surface area contributed by atoms with Crippen LogP contribution in [0.25, 0.3) is 0 Å². The minimum atomic E-state index is -3.12. The monoisotopic (exact) mass is 302 g/mol. The van der Waals surface area contributed by atoms with Gasteiger partial charge in [0, 0.05) is 24.1 Å². The molecule has 0 unspecified atom stereocenters. The van der Waals surface area contributed by atoms with Gasteiger partial charge in [0.2, 0.25) is 0 Å². The number of nitro benzene ring substituents is 1. The molecule has 0 saturated heterocycles. The fourth-order valence-corrected chi connectivity index (χ4v) is 2.17. The average molecular weight is 302 g/mol. The SMILES string of the molecule is CCS(=O)(=O)CCNc1ccc([N+](=O)[O-])c(C(=O)O)c1. The summed E-state index contributed by atoms with van der Waals surface area (Å²) in [6, 6.07) is 3.52. The number of carbonyl (C=O) groups is 1. The van der Waals surface area contributed by atoms with E-state index in [0.717, 1.165) is 12.1 Å². The van der Waals surface area contributed by atoms with Gasteiger partial charge in [0.25, 0.3) is 5.69 Å². The molecule has 0 spiro atoms. The molecule has 0 aliphatic carbocycles. The van der Waals surface area contributed by atoms with E-state index in [-0.39, 0.29) is 18.1 Å². The second kappa shape index (κ2) is 6.33. The molecule has 2 N–H and O–H groups in total. The molecule has 1 aromatic carbocycles. The summed E-state index contributed by atoms with van der Waals surface area (Å²) in [7, 11) is -3.12. The van der Waals surface area contributed by atoms with E-state index in [2.05, 4.69) is 5.32 Å². The van der Waals surface area contributed by atoms with Crippen LogP contribution in [0.15, 0.2) is 18.2 Å². The third-order valence-electron chi connectivity index (χ3n) is 2.61. The zero-order valence-corrected chi connectivity index (χ0v) is 11.5. The van der Waals surface area contributed by atoms with Crippen molar-refractivity contribution in [3.63, 3.8) is 0 Å². The van der Waals surface area contributed by atoms with Crippen molar-refractivity contribution < 1.29 is 23.2 Å². The van der Waals surface area contributed by atoms with Gasteiger partial charge in [0.15, 0.2) is 9.84 Å². The maximum atomic E-state index is 11.3. The molecule has 0 fully saturated rings. The zero-order valence-electron chi connectivity index (χ0n) is 10.7.